The summed E-state index contributed by atoms with van der Waals surface area (Å²) in [4.78, 5) is 13.2. The molecule has 0 fully saturated rings. The molecule has 35 heavy (non-hydrogen) atoms. The number of halogens is 3. The molecule has 3 aromatic heterocycles. The smallest absolute Gasteiger partial charge is 0.151 e. The highest BCUT2D eigenvalue weighted by Crippen LogP contribution is 2.33. The van der Waals surface area contributed by atoms with Crippen molar-refractivity contribution in [2.24, 2.45) is 0 Å². The van der Waals surface area contributed by atoms with Gasteiger partial charge in [-0.15, -0.1) is 0 Å². The van der Waals surface area contributed by atoms with Crippen molar-refractivity contribution >= 4 is 17.3 Å². The molecule has 2 aromatic carbocycles. The molecule has 174 valence electrons. The van der Waals surface area contributed by atoms with E-state index in [2.05, 4.69) is 15.0 Å². The van der Waals surface area contributed by atoms with Crippen molar-refractivity contribution in [3.8, 4) is 22.4 Å². The first-order valence-corrected chi connectivity index (χ1v) is 11.3. The second-order valence-electron chi connectivity index (χ2n) is 8.09. The lowest BCUT2D eigenvalue weighted by atomic mass is 10.00. The van der Waals surface area contributed by atoms with Gasteiger partial charge in [-0.3, -0.25) is 9.97 Å². The van der Waals surface area contributed by atoms with E-state index in [9.17, 15) is 8.78 Å². The van der Waals surface area contributed by atoms with Gasteiger partial charge in [-0.2, -0.15) is 0 Å². The summed E-state index contributed by atoms with van der Waals surface area (Å²) in [6.45, 7) is 0. The third-order valence-corrected chi connectivity index (χ3v) is 6.12. The zero-order chi connectivity index (χ0) is 24.4. The van der Waals surface area contributed by atoms with Gasteiger partial charge in [0.1, 0.15) is 5.82 Å². The normalized spacial score (nSPS) is 12.0. The molecule has 0 amide bonds. The van der Waals surface area contributed by atoms with Crippen molar-refractivity contribution in [1.82, 2.24) is 19.5 Å². The minimum atomic E-state index is -0.583. The molecule has 2 N–H and O–H groups in total. The fourth-order valence-electron chi connectivity index (χ4n) is 3.99. The first-order chi connectivity index (χ1) is 17.0. The van der Waals surface area contributed by atoms with E-state index in [-0.39, 0.29) is 28.1 Å². The lowest BCUT2D eigenvalue weighted by Crippen LogP contribution is -2.14. The number of rotatable bonds is 6. The van der Waals surface area contributed by atoms with Crippen molar-refractivity contribution in [2.45, 2.75) is 12.5 Å². The fraction of sp³-hybridized carbons (Fsp3) is 0.0741. The number of pyridine rings is 2. The maximum atomic E-state index is 14.7. The minimum absolute atomic E-state index is 0.00507. The molecule has 0 aliphatic heterocycles. The molecule has 5 aromatic rings. The number of imidazole rings is 1. The number of aromatic nitrogens is 4. The Bertz CT molecular complexity index is 1450. The molecule has 1 atom stereocenters. The second kappa shape index (κ2) is 9.64. The highest BCUT2D eigenvalue weighted by atomic mass is 35.5. The first kappa shape index (κ1) is 22.7. The Hall–Kier alpha value is -4.10. The molecule has 0 aliphatic rings. The van der Waals surface area contributed by atoms with E-state index in [1.165, 1.54) is 18.2 Å². The van der Waals surface area contributed by atoms with E-state index in [1.54, 1.807) is 49.2 Å². The van der Waals surface area contributed by atoms with Crippen LogP contribution in [0.25, 0.3) is 22.4 Å². The van der Waals surface area contributed by atoms with Crippen LogP contribution < -0.4 is 5.73 Å². The number of hydrogen-bond acceptors (Lipinski definition) is 4. The summed E-state index contributed by atoms with van der Waals surface area (Å²) in [5, 5.41) is -0.00507. The molecule has 0 radical (unpaired) electrons. The van der Waals surface area contributed by atoms with Crippen LogP contribution in [0, 0.1) is 11.6 Å². The standard InChI is InChI=1S/C27H20ClF2N5/c28-21-6-7-22(31)26(27(21)30)19-3-8-23(33-14-19)25(13-17-1-4-20(29)5-2-17)35-15-24(34-16-35)18-9-11-32-12-10-18/h1-12,14-16,25H,13,31H2. The van der Waals surface area contributed by atoms with Crippen LogP contribution in [0.15, 0.2) is 91.8 Å². The van der Waals surface area contributed by atoms with Gasteiger partial charge in [0.15, 0.2) is 5.82 Å². The van der Waals surface area contributed by atoms with Crippen molar-refractivity contribution in [3.63, 3.8) is 0 Å². The minimum Gasteiger partial charge on any atom is -0.398 e. The van der Waals surface area contributed by atoms with E-state index in [4.69, 9.17) is 17.3 Å². The number of nitrogen functional groups attached to an aromatic ring is 1. The van der Waals surface area contributed by atoms with Gasteiger partial charge in [0.2, 0.25) is 0 Å². The molecule has 8 heteroatoms. The summed E-state index contributed by atoms with van der Waals surface area (Å²) in [6, 6.07) is 16.5. The molecule has 0 saturated heterocycles. The average molecular weight is 488 g/mol. The first-order valence-electron chi connectivity index (χ1n) is 10.9. The SMILES string of the molecule is Nc1ccc(Cl)c(F)c1-c1ccc(C(Cc2ccc(F)cc2)n2cnc(-c3ccncc3)c2)nc1. The van der Waals surface area contributed by atoms with Gasteiger partial charge >= 0.3 is 0 Å². The van der Waals surface area contributed by atoms with Crippen LogP contribution in [0.3, 0.4) is 0 Å². The number of nitrogens with zero attached hydrogens (tertiary/aromatic N) is 4. The third kappa shape index (κ3) is 4.76. The summed E-state index contributed by atoms with van der Waals surface area (Å²) in [7, 11) is 0. The molecule has 0 aliphatic carbocycles. The van der Waals surface area contributed by atoms with Crippen LogP contribution in [0.5, 0.6) is 0 Å². The summed E-state index contributed by atoms with van der Waals surface area (Å²) >= 11 is 5.96. The van der Waals surface area contributed by atoms with Gasteiger partial charge in [0.05, 0.1) is 28.8 Å². The average Bonchev–Trinajstić information content (AvgIpc) is 3.37. The van der Waals surface area contributed by atoms with E-state index in [1.807, 2.05) is 29.0 Å². The van der Waals surface area contributed by atoms with Crippen molar-refractivity contribution in [3.05, 3.63) is 120 Å². The summed E-state index contributed by atoms with van der Waals surface area (Å²) < 4.78 is 30.1. The van der Waals surface area contributed by atoms with Gasteiger partial charge < -0.3 is 10.3 Å². The third-order valence-electron chi connectivity index (χ3n) is 5.82. The zero-order valence-electron chi connectivity index (χ0n) is 18.4. The van der Waals surface area contributed by atoms with E-state index < -0.39 is 5.82 Å². The van der Waals surface area contributed by atoms with E-state index >= 15 is 0 Å². The highest BCUT2D eigenvalue weighted by molar-refractivity contribution is 6.31. The Morgan fingerprint density at radius 3 is 2.37 bits per heavy atom. The van der Waals surface area contributed by atoms with Crippen LogP contribution in [-0.4, -0.2) is 19.5 Å². The van der Waals surface area contributed by atoms with Gasteiger partial charge in [-0.05, 0) is 54.4 Å². The molecule has 5 nitrogen and oxygen atoms in total. The van der Waals surface area contributed by atoms with Crippen LogP contribution in [-0.2, 0) is 6.42 Å². The molecular weight excluding hydrogens is 468 g/mol. The van der Waals surface area contributed by atoms with Crippen molar-refractivity contribution in [1.29, 1.82) is 0 Å². The van der Waals surface area contributed by atoms with E-state index in [0.717, 1.165) is 22.5 Å². The molecule has 0 bridgehead atoms. The Kier molecular flexibility index (Phi) is 6.25. The Balaban J connectivity index is 1.53. The van der Waals surface area contributed by atoms with Crippen LogP contribution in [0.2, 0.25) is 5.02 Å². The van der Waals surface area contributed by atoms with Crippen molar-refractivity contribution in [2.75, 3.05) is 5.73 Å². The largest absolute Gasteiger partial charge is 0.398 e. The predicted octanol–water partition coefficient (Wildman–Crippen LogP) is 6.35. The zero-order valence-corrected chi connectivity index (χ0v) is 19.2. The molecule has 0 spiro atoms. The molecule has 3 heterocycles. The number of hydrogen-bond donors (Lipinski definition) is 1. The Labute approximate surface area is 205 Å². The van der Waals surface area contributed by atoms with Gasteiger partial charge in [-0.1, -0.05) is 29.8 Å². The molecule has 1 unspecified atom stereocenters. The monoisotopic (exact) mass is 487 g/mol. The summed E-state index contributed by atoms with van der Waals surface area (Å²) in [5.74, 6) is -0.878. The van der Waals surface area contributed by atoms with Crippen LogP contribution in [0.1, 0.15) is 17.3 Å². The van der Waals surface area contributed by atoms with Crippen LogP contribution >= 0.6 is 11.6 Å². The topological polar surface area (TPSA) is 69.6 Å². The number of nitrogens with two attached hydrogens (primary N) is 1. The number of anilines is 1. The lowest BCUT2D eigenvalue weighted by molar-refractivity contribution is 0.564. The van der Waals surface area contributed by atoms with Crippen LogP contribution in [0.4, 0.5) is 14.5 Å². The lowest BCUT2D eigenvalue weighted by Gasteiger charge is -2.19. The quantitative estimate of drug-likeness (QED) is 0.283. The molecular formula is C27H20ClF2N5. The summed E-state index contributed by atoms with van der Waals surface area (Å²) in [6.07, 6.45) is 9.24. The van der Waals surface area contributed by atoms with Gasteiger partial charge in [-0.25, -0.2) is 13.8 Å². The maximum Gasteiger partial charge on any atom is 0.151 e. The highest BCUT2D eigenvalue weighted by Gasteiger charge is 2.19. The Morgan fingerprint density at radius 2 is 1.66 bits per heavy atom. The second-order valence-corrected chi connectivity index (χ2v) is 8.49. The van der Waals surface area contributed by atoms with Gasteiger partial charge in [0.25, 0.3) is 0 Å². The summed E-state index contributed by atoms with van der Waals surface area (Å²) in [5.41, 5.74) is 10.4. The molecule has 5 rings (SSSR count). The fourth-order valence-corrected chi connectivity index (χ4v) is 4.15. The van der Waals surface area contributed by atoms with E-state index in [0.29, 0.717) is 12.0 Å². The Morgan fingerprint density at radius 1 is 0.886 bits per heavy atom. The maximum absolute atomic E-state index is 14.7. The predicted molar refractivity (Wildman–Crippen MR) is 133 cm³/mol. The number of benzene rings is 2. The van der Waals surface area contributed by atoms with Gasteiger partial charge in [0, 0.05) is 47.2 Å². The van der Waals surface area contributed by atoms with Crippen molar-refractivity contribution < 1.29 is 8.78 Å². The molecule has 0 saturated carbocycles.